The molecule has 178 valence electrons. The number of carbonyl (C=O) groups is 1. The summed E-state index contributed by atoms with van der Waals surface area (Å²) in [5.41, 5.74) is 6.32. The molecule has 0 radical (unpaired) electrons. The highest BCUT2D eigenvalue weighted by Crippen LogP contribution is 2.43. The van der Waals surface area contributed by atoms with E-state index in [0.29, 0.717) is 33.6 Å². The minimum Gasteiger partial charge on any atom is -0.369 e. The van der Waals surface area contributed by atoms with E-state index in [2.05, 4.69) is 30.8 Å². The van der Waals surface area contributed by atoms with Crippen LogP contribution in [0.2, 0.25) is 0 Å². The molecule has 5 rings (SSSR count). The SMILES string of the molecule is NC(=O)C(c1cnc(-c2ccc(NCC3(c4ncccc4F)CCC3)nn2)s1)[C@H]1C[C@@H](F)CN1. The van der Waals surface area contributed by atoms with Gasteiger partial charge in [-0.05, 0) is 43.5 Å². The van der Waals surface area contributed by atoms with Crippen LogP contribution in [-0.4, -0.2) is 51.4 Å². The molecule has 4 heterocycles. The number of nitrogens with two attached hydrogens (primary N) is 1. The first kappa shape index (κ1) is 22.7. The lowest BCUT2D eigenvalue weighted by atomic mass is 9.66. The quantitative estimate of drug-likeness (QED) is 0.449. The molecule has 1 unspecified atom stereocenters. The molecule has 3 atom stereocenters. The van der Waals surface area contributed by atoms with Crippen LogP contribution in [0, 0.1) is 5.82 Å². The molecule has 1 aliphatic heterocycles. The normalized spacial score (nSPS) is 22.2. The van der Waals surface area contributed by atoms with Crippen molar-refractivity contribution in [3.05, 3.63) is 53.0 Å². The Kier molecular flexibility index (Phi) is 6.22. The molecule has 8 nitrogen and oxygen atoms in total. The van der Waals surface area contributed by atoms with Gasteiger partial charge in [-0.3, -0.25) is 9.78 Å². The smallest absolute Gasteiger partial charge is 0.227 e. The van der Waals surface area contributed by atoms with Crippen LogP contribution < -0.4 is 16.4 Å². The lowest BCUT2D eigenvalue weighted by molar-refractivity contribution is -0.119. The van der Waals surface area contributed by atoms with E-state index in [1.807, 2.05) is 0 Å². The highest BCUT2D eigenvalue weighted by atomic mass is 32.1. The number of anilines is 1. The number of hydrogen-bond donors (Lipinski definition) is 3. The van der Waals surface area contributed by atoms with E-state index < -0.39 is 18.0 Å². The number of aromatic nitrogens is 4. The van der Waals surface area contributed by atoms with Crippen LogP contribution >= 0.6 is 11.3 Å². The number of thiazole rings is 1. The van der Waals surface area contributed by atoms with Gasteiger partial charge in [0.15, 0.2) is 0 Å². The molecule has 1 amide bonds. The first-order chi connectivity index (χ1) is 16.4. The second kappa shape index (κ2) is 9.30. The second-order valence-corrected chi connectivity index (χ2v) is 9.98. The molecule has 4 N–H and O–H groups in total. The summed E-state index contributed by atoms with van der Waals surface area (Å²) in [6.07, 6.45) is 5.23. The van der Waals surface area contributed by atoms with E-state index in [1.54, 1.807) is 30.6 Å². The van der Waals surface area contributed by atoms with Crippen molar-refractivity contribution in [1.29, 1.82) is 0 Å². The zero-order chi connectivity index (χ0) is 23.7. The van der Waals surface area contributed by atoms with Gasteiger partial charge < -0.3 is 16.4 Å². The Morgan fingerprint density at radius 3 is 2.76 bits per heavy atom. The van der Waals surface area contributed by atoms with E-state index >= 15 is 0 Å². The monoisotopic (exact) mass is 485 g/mol. The van der Waals surface area contributed by atoms with Gasteiger partial charge in [0.25, 0.3) is 0 Å². The molecule has 2 fully saturated rings. The topological polar surface area (TPSA) is 119 Å². The summed E-state index contributed by atoms with van der Waals surface area (Å²) in [4.78, 5) is 21.4. The third-order valence-corrected chi connectivity index (χ3v) is 7.82. The van der Waals surface area contributed by atoms with Crippen molar-refractivity contribution in [3.8, 4) is 10.7 Å². The summed E-state index contributed by atoms with van der Waals surface area (Å²) in [7, 11) is 0. The third-order valence-electron chi connectivity index (χ3n) is 6.71. The maximum Gasteiger partial charge on any atom is 0.227 e. The zero-order valence-corrected chi connectivity index (χ0v) is 19.2. The number of hydrogen-bond acceptors (Lipinski definition) is 8. The molecule has 1 aliphatic carbocycles. The molecular formula is C23H25F2N7OS. The lowest BCUT2D eigenvalue weighted by Crippen LogP contribution is -2.42. The second-order valence-electron chi connectivity index (χ2n) is 8.92. The molecule has 3 aromatic rings. The molecule has 1 saturated carbocycles. The number of halogens is 2. The van der Waals surface area contributed by atoms with E-state index in [-0.39, 0.29) is 30.2 Å². The third kappa shape index (κ3) is 4.37. The predicted molar refractivity (Wildman–Crippen MR) is 125 cm³/mol. The van der Waals surface area contributed by atoms with Crippen LogP contribution in [0.25, 0.3) is 10.7 Å². The van der Waals surface area contributed by atoms with Gasteiger partial charge in [-0.2, -0.15) is 0 Å². The zero-order valence-electron chi connectivity index (χ0n) is 18.4. The Morgan fingerprint density at radius 2 is 2.15 bits per heavy atom. The molecule has 1 saturated heterocycles. The van der Waals surface area contributed by atoms with E-state index in [1.165, 1.54) is 17.4 Å². The minimum absolute atomic E-state index is 0.217. The average molecular weight is 486 g/mol. The molecule has 34 heavy (non-hydrogen) atoms. The Labute approximate surface area is 199 Å². The molecular weight excluding hydrogens is 460 g/mol. The van der Waals surface area contributed by atoms with Crippen molar-refractivity contribution < 1.29 is 13.6 Å². The first-order valence-electron chi connectivity index (χ1n) is 11.3. The van der Waals surface area contributed by atoms with Gasteiger partial charge in [-0.15, -0.1) is 21.5 Å². The van der Waals surface area contributed by atoms with Gasteiger partial charge in [0.05, 0.1) is 11.6 Å². The van der Waals surface area contributed by atoms with Crippen LogP contribution in [-0.2, 0) is 10.2 Å². The van der Waals surface area contributed by atoms with E-state index in [9.17, 15) is 13.6 Å². The Morgan fingerprint density at radius 1 is 1.29 bits per heavy atom. The highest BCUT2D eigenvalue weighted by Gasteiger charge is 2.42. The van der Waals surface area contributed by atoms with Gasteiger partial charge in [0, 0.05) is 41.8 Å². The standard InChI is InChI=1S/C23H25F2N7OS/c24-13-9-16(28-10-13)19(21(26)33)17-11-29-22(34-17)15-4-5-18(32-31-15)30-12-23(6-2-7-23)20-14(25)3-1-8-27-20/h1,3-5,8,11,13,16,19,28H,2,6-7,9-10,12H2,(H2,26,33)(H,30,32)/t13-,16-,19?/m1/s1. The Bertz CT molecular complexity index is 1170. The molecule has 2 aliphatic rings. The summed E-state index contributed by atoms with van der Waals surface area (Å²) in [6.45, 7) is 0.731. The van der Waals surface area contributed by atoms with Gasteiger partial charge in [-0.1, -0.05) is 6.42 Å². The van der Waals surface area contributed by atoms with Crippen LogP contribution in [0.3, 0.4) is 0 Å². The van der Waals surface area contributed by atoms with E-state index in [4.69, 9.17) is 5.73 Å². The van der Waals surface area contributed by atoms with Crippen molar-refractivity contribution in [1.82, 2.24) is 25.5 Å². The van der Waals surface area contributed by atoms with Crippen molar-refractivity contribution in [2.45, 2.75) is 49.2 Å². The molecule has 0 spiro atoms. The van der Waals surface area contributed by atoms with Crippen molar-refractivity contribution in [3.63, 3.8) is 0 Å². The summed E-state index contributed by atoms with van der Waals surface area (Å²) in [6, 6.07) is 6.28. The summed E-state index contributed by atoms with van der Waals surface area (Å²) in [5, 5.41) is 15.4. The number of nitrogens with one attached hydrogen (secondary N) is 2. The van der Waals surface area contributed by atoms with Gasteiger partial charge in [-0.25, -0.2) is 13.8 Å². The molecule has 11 heteroatoms. The summed E-state index contributed by atoms with van der Waals surface area (Å²) < 4.78 is 28.0. The fourth-order valence-corrected chi connectivity index (χ4v) is 5.79. The number of amides is 1. The van der Waals surface area contributed by atoms with Crippen molar-refractivity contribution >= 4 is 23.1 Å². The Balaban J connectivity index is 1.27. The molecule has 0 aromatic carbocycles. The number of pyridine rings is 1. The number of nitrogens with zero attached hydrogens (tertiary/aromatic N) is 4. The van der Waals surface area contributed by atoms with Gasteiger partial charge in [0.2, 0.25) is 5.91 Å². The first-order valence-corrected chi connectivity index (χ1v) is 12.1. The van der Waals surface area contributed by atoms with E-state index in [0.717, 1.165) is 19.3 Å². The Hall–Kier alpha value is -3.05. The highest BCUT2D eigenvalue weighted by molar-refractivity contribution is 7.15. The average Bonchev–Trinajstić information content (AvgIpc) is 3.44. The molecule has 0 bridgehead atoms. The maximum absolute atomic E-state index is 14.3. The fourth-order valence-electron chi connectivity index (χ4n) is 4.74. The maximum atomic E-state index is 14.3. The predicted octanol–water partition coefficient (Wildman–Crippen LogP) is 2.94. The number of carbonyl (C=O) groups excluding carboxylic acids is 1. The summed E-state index contributed by atoms with van der Waals surface area (Å²) in [5.74, 6) is -0.871. The van der Waals surface area contributed by atoms with Crippen LogP contribution in [0.4, 0.5) is 14.6 Å². The number of alkyl halides is 1. The van der Waals surface area contributed by atoms with Crippen LogP contribution in [0.5, 0.6) is 0 Å². The lowest BCUT2D eigenvalue weighted by Gasteiger charge is -2.41. The van der Waals surface area contributed by atoms with Crippen LogP contribution in [0.15, 0.2) is 36.7 Å². The summed E-state index contributed by atoms with van der Waals surface area (Å²) >= 11 is 1.30. The van der Waals surface area contributed by atoms with Gasteiger partial charge in [0.1, 0.15) is 28.5 Å². The van der Waals surface area contributed by atoms with Crippen molar-refractivity contribution in [2.24, 2.45) is 5.73 Å². The van der Waals surface area contributed by atoms with Crippen molar-refractivity contribution in [2.75, 3.05) is 18.4 Å². The van der Waals surface area contributed by atoms with Gasteiger partial charge >= 0.3 is 0 Å². The largest absolute Gasteiger partial charge is 0.369 e. The molecule has 3 aromatic heterocycles. The number of rotatable bonds is 8. The minimum atomic E-state index is -0.988. The number of primary amides is 1. The fraction of sp³-hybridized carbons (Fsp3) is 0.435. The van der Waals surface area contributed by atoms with Crippen LogP contribution in [0.1, 0.15) is 42.2 Å².